The number of rotatable bonds is 5. The summed E-state index contributed by atoms with van der Waals surface area (Å²) in [5.74, 6) is -0.762. The largest absolute Gasteiger partial charge is 0.328 e. The minimum Gasteiger partial charge on any atom is -0.328 e. The second kappa shape index (κ2) is 7.36. The average Bonchev–Trinajstić information content (AvgIpc) is 2.57. The summed E-state index contributed by atoms with van der Waals surface area (Å²) in [6.45, 7) is 1.41. The van der Waals surface area contributed by atoms with E-state index in [0.29, 0.717) is 11.1 Å². The van der Waals surface area contributed by atoms with Crippen LogP contribution in [-0.4, -0.2) is 19.7 Å². The van der Waals surface area contributed by atoms with Gasteiger partial charge in [0.25, 0.3) is 5.91 Å². The van der Waals surface area contributed by atoms with E-state index in [1.54, 1.807) is 30.3 Å². The number of benzene rings is 2. The summed E-state index contributed by atoms with van der Waals surface area (Å²) in [6.07, 6.45) is 1.52. The standard InChI is InChI=1S/C17H17FNO3P/c1-22-23(2,21)16(12-13-8-10-15(18)11-9-13)19-17(20)14-6-4-3-5-7-14/h3-12H,1-2H3,(H,19,20)/b16-12+. The smallest absolute Gasteiger partial charge is 0.255 e. The van der Waals surface area contributed by atoms with Crippen LogP contribution in [0.2, 0.25) is 0 Å². The van der Waals surface area contributed by atoms with Gasteiger partial charge in [-0.25, -0.2) is 4.39 Å². The van der Waals surface area contributed by atoms with Crippen molar-refractivity contribution in [3.63, 3.8) is 0 Å². The third-order valence-electron chi connectivity index (χ3n) is 3.24. The van der Waals surface area contributed by atoms with Gasteiger partial charge in [0, 0.05) is 19.3 Å². The molecule has 0 bridgehead atoms. The second-order valence-corrected chi connectivity index (χ2v) is 7.47. The van der Waals surface area contributed by atoms with Gasteiger partial charge in [0.2, 0.25) is 7.37 Å². The highest BCUT2D eigenvalue weighted by molar-refractivity contribution is 7.62. The SMILES string of the molecule is COP(C)(=O)/C(=C/c1ccc(F)cc1)NC(=O)c1ccccc1. The first-order chi connectivity index (χ1) is 10.9. The molecular weight excluding hydrogens is 316 g/mol. The van der Waals surface area contributed by atoms with Gasteiger partial charge in [-0.1, -0.05) is 30.3 Å². The van der Waals surface area contributed by atoms with Crippen LogP contribution in [0.25, 0.3) is 6.08 Å². The molecule has 120 valence electrons. The number of hydrogen-bond donors (Lipinski definition) is 1. The summed E-state index contributed by atoms with van der Waals surface area (Å²) < 4.78 is 30.6. The summed E-state index contributed by atoms with van der Waals surface area (Å²) in [5, 5.41) is 2.63. The fourth-order valence-corrected chi connectivity index (χ4v) is 2.73. The number of carbonyl (C=O) groups excluding carboxylic acids is 1. The molecule has 2 aromatic carbocycles. The molecule has 1 N–H and O–H groups in total. The number of amides is 1. The summed E-state index contributed by atoms with van der Waals surface area (Å²) in [6, 6.07) is 14.2. The normalized spacial score (nSPS) is 14.1. The van der Waals surface area contributed by atoms with E-state index in [4.69, 9.17) is 4.52 Å². The molecule has 0 saturated carbocycles. The third kappa shape index (κ3) is 4.62. The van der Waals surface area contributed by atoms with Gasteiger partial charge in [0.1, 0.15) is 11.3 Å². The molecule has 0 aliphatic heterocycles. The number of halogens is 1. The molecule has 2 rings (SSSR count). The van der Waals surface area contributed by atoms with Crippen LogP contribution in [-0.2, 0) is 9.09 Å². The van der Waals surface area contributed by atoms with Crippen molar-refractivity contribution < 1.29 is 18.3 Å². The van der Waals surface area contributed by atoms with E-state index in [1.807, 2.05) is 0 Å². The van der Waals surface area contributed by atoms with Crippen molar-refractivity contribution in [2.24, 2.45) is 0 Å². The van der Waals surface area contributed by atoms with Crippen molar-refractivity contribution in [1.29, 1.82) is 0 Å². The summed E-state index contributed by atoms with van der Waals surface area (Å²) in [4.78, 5) is 12.3. The third-order valence-corrected chi connectivity index (χ3v) is 5.05. The van der Waals surface area contributed by atoms with E-state index >= 15 is 0 Å². The van der Waals surface area contributed by atoms with Crippen LogP contribution in [0.3, 0.4) is 0 Å². The Balaban J connectivity index is 2.34. The van der Waals surface area contributed by atoms with Gasteiger partial charge in [0.05, 0.1) is 0 Å². The number of carbonyl (C=O) groups is 1. The fourth-order valence-electron chi connectivity index (χ4n) is 1.85. The Kier molecular flexibility index (Phi) is 5.48. The van der Waals surface area contributed by atoms with Gasteiger partial charge in [-0.15, -0.1) is 0 Å². The van der Waals surface area contributed by atoms with E-state index in [2.05, 4.69) is 5.32 Å². The van der Waals surface area contributed by atoms with Crippen LogP contribution in [0.15, 0.2) is 60.0 Å². The van der Waals surface area contributed by atoms with Crippen LogP contribution < -0.4 is 5.32 Å². The van der Waals surface area contributed by atoms with Crippen molar-refractivity contribution >= 4 is 19.4 Å². The van der Waals surface area contributed by atoms with Crippen LogP contribution in [0.1, 0.15) is 15.9 Å². The van der Waals surface area contributed by atoms with Crippen molar-refractivity contribution in [3.05, 3.63) is 77.0 Å². The maximum atomic E-state index is 13.0. The highest BCUT2D eigenvalue weighted by atomic mass is 31.2. The number of hydrogen-bond acceptors (Lipinski definition) is 3. The van der Waals surface area contributed by atoms with E-state index in [1.165, 1.54) is 44.1 Å². The molecule has 0 fully saturated rings. The zero-order chi connectivity index (χ0) is 16.9. The van der Waals surface area contributed by atoms with Gasteiger partial charge in [-0.2, -0.15) is 0 Å². The average molecular weight is 333 g/mol. The zero-order valence-corrected chi connectivity index (χ0v) is 13.7. The zero-order valence-electron chi connectivity index (χ0n) is 12.8. The van der Waals surface area contributed by atoms with Gasteiger partial charge >= 0.3 is 0 Å². The van der Waals surface area contributed by atoms with Gasteiger partial charge in [0.15, 0.2) is 0 Å². The molecule has 0 aromatic heterocycles. The lowest BCUT2D eigenvalue weighted by Gasteiger charge is -2.16. The molecule has 2 aromatic rings. The summed E-state index contributed by atoms with van der Waals surface area (Å²) in [5.41, 5.74) is 1.20. The lowest BCUT2D eigenvalue weighted by atomic mass is 10.2. The highest BCUT2D eigenvalue weighted by Gasteiger charge is 2.23. The molecule has 1 unspecified atom stereocenters. The minimum atomic E-state index is -3.20. The first-order valence-corrected chi connectivity index (χ1v) is 8.97. The Hall–Kier alpha value is -2.23. The maximum absolute atomic E-state index is 13.0. The Labute approximate surface area is 134 Å². The minimum absolute atomic E-state index is 0.153. The van der Waals surface area contributed by atoms with E-state index < -0.39 is 13.3 Å². The molecule has 0 aliphatic carbocycles. The lowest BCUT2D eigenvalue weighted by Crippen LogP contribution is -2.23. The molecule has 1 atom stereocenters. The fraction of sp³-hybridized carbons (Fsp3) is 0.118. The van der Waals surface area contributed by atoms with Crippen LogP contribution >= 0.6 is 7.37 Å². The Morgan fingerprint density at radius 3 is 2.30 bits per heavy atom. The molecule has 1 amide bonds. The Morgan fingerprint density at radius 1 is 1.13 bits per heavy atom. The van der Waals surface area contributed by atoms with Crippen molar-refractivity contribution in [1.82, 2.24) is 5.32 Å². The van der Waals surface area contributed by atoms with Crippen LogP contribution in [0.4, 0.5) is 4.39 Å². The maximum Gasteiger partial charge on any atom is 0.255 e. The topological polar surface area (TPSA) is 55.4 Å². The second-order valence-electron chi connectivity index (χ2n) is 4.93. The first kappa shape index (κ1) is 17.1. The molecular formula is C17H17FNO3P. The van der Waals surface area contributed by atoms with Gasteiger partial charge in [-0.3, -0.25) is 9.36 Å². The molecule has 0 aliphatic rings. The van der Waals surface area contributed by atoms with Gasteiger partial charge < -0.3 is 9.84 Å². The number of nitrogens with one attached hydrogen (secondary N) is 1. The first-order valence-electron chi connectivity index (χ1n) is 6.90. The van der Waals surface area contributed by atoms with E-state index in [0.717, 1.165) is 0 Å². The van der Waals surface area contributed by atoms with Crippen molar-refractivity contribution in [2.45, 2.75) is 0 Å². The van der Waals surface area contributed by atoms with Crippen molar-refractivity contribution in [2.75, 3.05) is 13.8 Å². The molecule has 0 radical (unpaired) electrons. The molecule has 23 heavy (non-hydrogen) atoms. The predicted molar refractivity (Wildman–Crippen MR) is 88.8 cm³/mol. The lowest BCUT2D eigenvalue weighted by molar-refractivity contribution is 0.0967. The highest BCUT2D eigenvalue weighted by Crippen LogP contribution is 2.49. The van der Waals surface area contributed by atoms with Crippen LogP contribution in [0.5, 0.6) is 0 Å². The quantitative estimate of drug-likeness (QED) is 0.838. The summed E-state index contributed by atoms with van der Waals surface area (Å²) >= 11 is 0. The molecule has 4 nitrogen and oxygen atoms in total. The predicted octanol–water partition coefficient (Wildman–Crippen LogP) is 4.11. The molecule has 0 spiro atoms. The molecule has 6 heteroatoms. The van der Waals surface area contributed by atoms with E-state index in [-0.39, 0.29) is 11.3 Å². The van der Waals surface area contributed by atoms with Crippen LogP contribution in [0, 0.1) is 5.82 Å². The summed E-state index contributed by atoms with van der Waals surface area (Å²) in [7, 11) is -1.89. The Bertz CT molecular complexity index is 757. The molecule has 0 heterocycles. The molecule has 0 saturated heterocycles. The monoisotopic (exact) mass is 333 g/mol. The van der Waals surface area contributed by atoms with Crippen molar-refractivity contribution in [3.8, 4) is 0 Å². The van der Waals surface area contributed by atoms with Gasteiger partial charge in [-0.05, 0) is 35.9 Å². The van der Waals surface area contributed by atoms with E-state index in [9.17, 15) is 13.8 Å². The Morgan fingerprint density at radius 2 is 1.74 bits per heavy atom.